The summed E-state index contributed by atoms with van der Waals surface area (Å²) in [5.74, 6) is 0.0184. The molecule has 2 aliphatic heterocycles. The largest absolute Gasteiger partial charge is 0.489 e. The molecule has 2 aromatic carbocycles. The van der Waals surface area contributed by atoms with Crippen LogP contribution in [0.5, 0.6) is 5.75 Å². The van der Waals surface area contributed by atoms with E-state index in [0.717, 1.165) is 16.7 Å². The van der Waals surface area contributed by atoms with Crippen LogP contribution in [0.25, 0.3) is 0 Å². The molecule has 0 N–H and O–H groups in total. The number of carbonyl (C=O) groups excluding carboxylic acids is 3. The van der Waals surface area contributed by atoms with E-state index in [4.69, 9.17) is 4.74 Å². The summed E-state index contributed by atoms with van der Waals surface area (Å²) in [7, 11) is 0. The van der Waals surface area contributed by atoms with Gasteiger partial charge in [-0.1, -0.05) is 30.3 Å². The molecule has 1 saturated heterocycles. The Hall–Kier alpha value is -3.20. The molecule has 2 fully saturated rings. The lowest BCUT2D eigenvalue weighted by Crippen LogP contribution is -2.44. The number of Topliss-reactive ketones (excluding diaryl/α,β-unsaturated/α-hetero) is 2. The molecule has 1 saturated carbocycles. The Kier molecular flexibility index (Phi) is 6.59. The van der Waals surface area contributed by atoms with Crippen LogP contribution >= 0.6 is 0 Å². The van der Waals surface area contributed by atoms with Gasteiger partial charge in [0.05, 0.1) is 19.0 Å². The normalized spacial score (nSPS) is 22.9. The van der Waals surface area contributed by atoms with Gasteiger partial charge in [-0.15, -0.1) is 0 Å². The molecule has 2 heterocycles. The predicted octanol–water partition coefficient (Wildman–Crippen LogP) is 4.44. The topological polar surface area (TPSA) is 66.9 Å². The molecule has 5 rings (SSSR count). The highest BCUT2D eigenvalue weighted by molar-refractivity contribution is 6.07. The lowest BCUT2D eigenvalue weighted by atomic mass is 9.92. The standard InChI is InChI=1S/C27H27F3N2O4/c28-27(29,30)25-5-2-12-31(25)14-17-6-8-18(9-7-17)16-36-24-4-1-3-20-21(24)15-32(26(20)35)22-11-10-19(33)13-23(22)34/h1,3-4,6-9,22,25H,2,5,10-16H2/t22?,25-/m0/s1. The number of halogens is 3. The number of hydrogen-bond acceptors (Lipinski definition) is 5. The lowest BCUT2D eigenvalue weighted by molar-refractivity contribution is -0.177. The zero-order valence-corrected chi connectivity index (χ0v) is 19.7. The third-order valence-electron chi connectivity index (χ3n) is 7.31. The maximum absolute atomic E-state index is 13.2. The SMILES string of the molecule is O=C1CCC(N2Cc3c(OCc4ccc(CN5CCC[C@H]5C(F)(F)F)cc4)cccc3C2=O)C(=O)C1. The Morgan fingerprint density at radius 3 is 2.44 bits per heavy atom. The monoisotopic (exact) mass is 500 g/mol. The molecule has 0 bridgehead atoms. The molecule has 3 aliphatic rings. The predicted molar refractivity (Wildman–Crippen MR) is 124 cm³/mol. The number of ether oxygens (including phenoxy) is 1. The van der Waals surface area contributed by atoms with Gasteiger partial charge in [0.15, 0.2) is 5.78 Å². The van der Waals surface area contributed by atoms with Gasteiger partial charge in [-0.2, -0.15) is 13.2 Å². The second kappa shape index (κ2) is 9.69. The summed E-state index contributed by atoms with van der Waals surface area (Å²) >= 11 is 0. The third-order valence-corrected chi connectivity index (χ3v) is 7.31. The summed E-state index contributed by atoms with van der Waals surface area (Å²) in [6, 6.07) is 10.6. The van der Waals surface area contributed by atoms with Crippen molar-refractivity contribution in [2.75, 3.05) is 6.54 Å². The van der Waals surface area contributed by atoms with E-state index in [9.17, 15) is 27.6 Å². The number of likely N-dealkylation sites (tertiary alicyclic amines) is 1. The number of fused-ring (bicyclic) bond motifs is 1. The average molecular weight is 501 g/mol. The minimum absolute atomic E-state index is 0.0870. The molecule has 0 aromatic heterocycles. The highest BCUT2D eigenvalue weighted by atomic mass is 19.4. The van der Waals surface area contributed by atoms with E-state index in [1.165, 1.54) is 9.80 Å². The zero-order valence-electron chi connectivity index (χ0n) is 19.7. The van der Waals surface area contributed by atoms with Crippen LogP contribution in [-0.4, -0.2) is 52.1 Å². The molecule has 1 aliphatic carbocycles. The first-order chi connectivity index (χ1) is 17.2. The fourth-order valence-corrected chi connectivity index (χ4v) is 5.42. The Morgan fingerprint density at radius 2 is 1.72 bits per heavy atom. The van der Waals surface area contributed by atoms with Crippen LogP contribution in [0.4, 0.5) is 13.2 Å². The second-order valence-corrected chi connectivity index (χ2v) is 9.73. The molecule has 6 nitrogen and oxygen atoms in total. The molecule has 2 aromatic rings. The van der Waals surface area contributed by atoms with E-state index in [1.54, 1.807) is 18.2 Å². The van der Waals surface area contributed by atoms with Gasteiger partial charge in [-0.05, 0) is 49.1 Å². The van der Waals surface area contributed by atoms with Gasteiger partial charge in [0, 0.05) is 24.1 Å². The van der Waals surface area contributed by atoms with Crippen LogP contribution < -0.4 is 4.74 Å². The number of nitrogens with zero attached hydrogens (tertiary/aromatic N) is 2. The molecule has 1 unspecified atom stereocenters. The molecule has 0 radical (unpaired) electrons. The second-order valence-electron chi connectivity index (χ2n) is 9.73. The summed E-state index contributed by atoms with van der Waals surface area (Å²) < 4.78 is 45.7. The van der Waals surface area contributed by atoms with Crippen molar-refractivity contribution in [1.29, 1.82) is 0 Å². The third kappa shape index (κ3) is 4.89. The highest BCUT2D eigenvalue weighted by Crippen LogP contribution is 2.35. The van der Waals surface area contributed by atoms with E-state index in [1.807, 2.05) is 24.3 Å². The molecular weight excluding hydrogens is 473 g/mol. The van der Waals surface area contributed by atoms with Crippen molar-refractivity contribution in [2.24, 2.45) is 0 Å². The van der Waals surface area contributed by atoms with Gasteiger partial charge in [0.2, 0.25) is 0 Å². The fourth-order valence-electron chi connectivity index (χ4n) is 5.42. The van der Waals surface area contributed by atoms with Gasteiger partial charge in [0.1, 0.15) is 24.2 Å². The van der Waals surface area contributed by atoms with Crippen molar-refractivity contribution in [3.05, 3.63) is 64.7 Å². The average Bonchev–Trinajstić information content (AvgIpc) is 3.44. The molecule has 9 heteroatoms. The zero-order chi connectivity index (χ0) is 25.4. The summed E-state index contributed by atoms with van der Waals surface area (Å²) in [4.78, 5) is 39.9. The van der Waals surface area contributed by atoms with Crippen molar-refractivity contribution >= 4 is 17.5 Å². The first kappa shape index (κ1) is 24.5. The van der Waals surface area contributed by atoms with Crippen molar-refractivity contribution in [2.45, 2.75) is 70.1 Å². The molecule has 1 amide bonds. The minimum Gasteiger partial charge on any atom is -0.489 e. The quantitative estimate of drug-likeness (QED) is 0.549. The highest BCUT2D eigenvalue weighted by Gasteiger charge is 2.45. The van der Waals surface area contributed by atoms with E-state index in [0.29, 0.717) is 37.1 Å². The van der Waals surface area contributed by atoms with Gasteiger partial charge >= 0.3 is 6.18 Å². The number of rotatable bonds is 6. The van der Waals surface area contributed by atoms with Gasteiger partial charge < -0.3 is 9.64 Å². The van der Waals surface area contributed by atoms with Crippen molar-refractivity contribution in [3.63, 3.8) is 0 Å². The van der Waals surface area contributed by atoms with Crippen molar-refractivity contribution in [3.8, 4) is 5.75 Å². The fraction of sp³-hybridized carbons (Fsp3) is 0.444. The van der Waals surface area contributed by atoms with Crippen LogP contribution in [0.1, 0.15) is 59.2 Å². The first-order valence-corrected chi connectivity index (χ1v) is 12.2. The van der Waals surface area contributed by atoms with E-state index in [2.05, 4.69) is 0 Å². The molecular formula is C27H27F3N2O4. The Morgan fingerprint density at radius 1 is 0.972 bits per heavy atom. The number of alkyl halides is 3. The summed E-state index contributed by atoms with van der Waals surface area (Å²) in [6.07, 6.45) is -3.00. The van der Waals surface area contributed by atoms with E-state index < -0.39 is 18.3 Å². The number of benzene rings is 2. The molecule has 2 atom stereocenters. The number of ketones is 2. The maximum Gasteiger partial charge on any atom is 0.404 e. The number of carbonyl (C=O) groups is 3. The van der Waals surface area contributed by atoms with Gasteiger partial charge in [0.25, 0.3) is 5.91 Å². The van der Waals surface area contributed by atoms with Crippen LogP contribution in [-0.2, 0) is 29.3 Å². The lowest BCUT2D eigenvalue weighted by Gasteiger charge is -2.29. The van der Waals surface area contributed by atoms with Crippen LogP contribution in [0.15, 0.2) is 42.5 Å². The Bertz CT molecular complexity index is 1180. The first-order valence-electron chi connectivity index (χ1n) is 12.2. The molecule has 36 heavy (non-hydrogen) atoms. The number of amides is 1. The summed E-state index contributed by atoms with van der Waals surface area (Å²) in [5, 5.41) is 0. The summed E-state index contributed by atoms with van der Waals surface area (Å²) in [6.45, 7) is 1.17. The van der Waals surface area contributed by atoms with Crippen LogP contribution in [0.2, 0.25) is 0 Å². The molecule has 190 valence electrons. The van der Waals surface area contributed by atoms with Crippen molar-refractivity contribution < 1.29 is 32.3 Å². The van der Waals surface area contributed by atoms with Crippen LogP contribution in [0.3, 0.4) is 0 Å². The van der Waals surface area contributed by atoms with Gasteiger partial charge in [-0.3, -0.25) is 19.3 Å². The van der Waals surface area contributed by atoms with Crippen LogP contribution in [0, 0.1) is 0 Å². The Balaban J connectivity index is 1.22. The van der Waals surface area contributed by atoms with Crippen molar-refractivity contribution in [1.82, 2.24) is 9.80 Å². The molecule has 0 spiro atoms. The van der Waals surface area contributed by atoms with Gasteiger partial charge in [-0.25, -0.2) is 0 Å². The van der Waals surface area contributed by atoms with E-state index >= 15 is 0 Å². The number of hydrogen-bond donors (Lipinski definition) is 0. The minimum atomic E-state index is -4.21. The van der Waals surface area contributed by atoms with E-state index in [-0.39, 0.29) is 50.0 Å². The summed E-state index contributed by atoms with van der Waals surface area (Å²) in [5.41, 5.74) is 2.88. The Labute approximate surface area is 207 Å². The maximum atomic E-state index is 13.2. The smallest absolute Gasteiger partial charge is 0.404 e.